The molecule has 0 bridgehead atoms. The van der Waals surface area contributed by atoms with Crippen molar-refractivity contribution in [2.24, 2.45) is 11.8 Å². The third-order valence-corrected chi connectivity index (χ3v) is 4.26. The lowest BCUT2D eigenvalue weighted by Gasteiger charge is -2.31. The van der Waals surface area contributed by atoms with E-state index in [2.05, 4.69) is 19.2 Å². The molecule has 1 nitrogen and oxygen atoms in total. The van der Waals surface area contributed by atoms with Crippen LogP contribution in [0.3, 0.4) is 0 Å². The zero-order valence-electron chi connectivity index (χ0n) is 10.5. The smallest absolute Gasteiger partial charge is 0.00978 e. The molecule has 88 valence electrons. The van der Waals surface area contributed by atoms with Crippen LogP contribution in [0.2, 0.25) is 0 Å². The second kappa shape index (κ2) is 5.34. The highest BCUT2D eigenvalue weighted by Gasteiger charge is 2.32. The number of nitrogens with one attached hydrogen (secondary N) is 1. The molecule has 2 saturated carbocycles. The maximum Gasteiger partial charge on any atom is 0.00978 e. The van der Waals surface area contributed by atoms with Crippen molar-refractivity contribution in [1.29, 1.82) is 0 Å². The summed E-state index contributed by atoms with van der Waals surface area (Å²) in [6, 6.07) is 1.70. The van der Waals surface area contributed by atoms with Gasteiger partial charge in [0.2, 0.25) is 0 Å². The molecule has 0 aromatic rings. The molecule has 0 aliphatic heterocycles. The van der Waals surface area contributed by atoms with Crippen LogP contribution < -0.4 is 5.32 Å². The largest absolute Gasteiger partial charge is 0.311 e. The van der Waals surface area contributed by atoms with Gasteiger partial charge in [-0.1, -0.05) is 20.3 Å². The summed E-state index contributed by atoms with van der Waals surface area (Å²) < 4.78 is 0. The topological polar surface area (TPSA) is 12.0 Å². The van der Waals surface area contributed by atoms with Crippen molar-refractivity contribution in [2.75, 3.05) is 0 Å². The first kappa shape index (κ1) is 11.4. The minimum Gasteiger partial charge on any atom is -0.311 e. The van der Waals surface area contributed by atoms with Gasteiger partial charge in [0.1, 0.15) is 0 Å². The number of hydrogen-bond donors (Lipinski definition) is 1. The first-order valence-electron chi connectivity index (χ1n) is 7.05. The summed E-state index contributed by atoms with van der Waals surface area (Å²) in [5, 5.41) is 3.94. The van der Waals surface area contributed by atoms with E-state index < -0.39 is 0 Å². The molecule has 2 fully saturated rings. The predicted octanol–water partition coefficient (Wildman–Crippen LogP) is 3.73. The van der Waals surface area contributed by atoms with Crippen LogP contribution in [0.1, 0.15) is 65.2 Å². The lowest BCUT2D eigenvalue weighted by molar-refractivity contribution is 0.270. The summed E-state index contributed by atoms with van der Waals surface area (Å²) >= 11 is 0. The van der Waals surface area contributed by atoms with Gasteiger partial charge in [-0.2, -0.15) is 0 Å². The van der Waals surface area contributed by atoms with Gasteiger partial charge in [0.25, 0.3) is 0 Å². The lowest BCUT2D eigenvalue weighted by Crippen LogP contribution is -2.41. The molecule has 0 heterocycles. The molecule has 0 saturated heterocycles. The third kappa shape index (κ3) is 3.48. The summed E-state index contributed by atoms with van der Waals surface area (Å²) in [6.45, 7) is 4.72. The fourth-order valence-electron chi connectivity index (χ4n) is 2.99. The Morgan fingerprint density at radius 1 is 1.07 bits per heavy atom. The minimum absolute atomic E-state index is 0.846. The molecule has 15 heavy (non-hydrogen) atoms. The molecule has 0 amide bonds. The van der Waals surface area contributed by atoms with Crippen LogP contribution in [-0.2, 0) is 0 Å². The van der Waals surface area contributed by atoms with Gasteiger partial charge in [-0.3, -0.25) is 0 Å². The van der Waals surface area contributed by atoms with E-state index >= 15 is 0 Å². The number of hydrogen-bond acceptors (Lipinski definition) is 1. The van der Waals surface area contributed by atoms with Crippen LogP contribution in [0.4, 0.5) is 0 Å². The molecular formula is C14H27N. The van der Waals surface area contributed by atoms with Gasteiger partial charge in [0, 0.05) is 12.1 Å². The summed E-state index contributed by atoms with van der Waals surface area (Å²) in [5.41, 5.74) is 0. The molecule has 0 radical (unpaired) electrons. The lowest BCUT2D eigenvalue weighted by atomic mass is 9.86. The van der Waals surface area contributed by atoms with Crippen molar-refractivity contribution in [2.45, 2.75) is 77.3 Å². The maximum absolute atomic E-state index is 3.94. The second-order valence-corrected chi connectivity index (χ2v) is 5.86. The van der Waals surface area contributed by atoms with Gasteiger partial charge in [0.15, 0.2) is 0 Å². The van der Waals surface area contributed by atoms with Crippen molar-refractivity contribution in [1.82, 2.24) is 5.32 Å². The molecule has 0 aromatic heterocycles. The standard InChI is InChI=1S/C14H27N/c1-3-4-14(12-7-8-12)15-13-9-5-11(2)6-10-13/h11-15H,3-10H2,1-2H3. The van der Waals surface area contributed by atoms with Crippen LogP contribution in [0.15, 0.2) is 0 Å². The van der Waals surface area contributed by atoms with Crippen LogP contribution in [0.25, 0.3) is 0 Å². The summed E-state index contributed by atoms with van der Waals surface area (Å²) in [6.07, 6.45) is 11.5. The SMILES string of the molecule is CCCC(NC1CCC(C)CC1)C1CC1. The second-order valence-electron chi connectivity index (χ2n) is 5.86. The van der Waals surface area contributed by atoms with Crippen molar-refractivity contribution < 1.29 is 0 Å². The Morgan fingerprint density at radius 2 is 1.73 bits per heavy atom. The Bertz CT molecular complexity index is 178. The van der Waals surface area contributed by atoms with Gasteiger partial charge < -0.3 is 5.32 Å². The molecule has 1 unspecified atom stereocenters. The van der Waals surface area contributed by atoms with Crippen molar-refractivity contribution in [3.05, 3.63) is 0 Å². The zero-order valence-corrected chi connectivity index (χ0v) is 10.5. The Kier molecular flexibility index (Phi) is 4.07. The first-order valence-corrected chi connectivity index (χ1v) is 7.05. The van der Waals surface area contributed by atoms with E-state index in [0.717, 1.165) is 23.9 Å². The fraction of sp³-hybridized carbons (Fsp3) is 1.00. The summed E-state index contributed by atoms with van der Waals surface area (Å²) in [7, 11) is 0. The molecule has 2 aliphatic rings. The van der Waals surface area contributed by atoms with Gasteiger partial charge in [-0.25, -0.2) is 0 Å². The van der Waals surface area contributed by atoms with Gasteiger partial charge in [0.05, 0.1) is 0 Å². The molecule has 1 N–H and O–H groups in total. The third-order valence-electron chi connectivity index (χ3n) is 4.26. The van der Waals surface area contributed by atoms with E-state index in [1.165, 1.54) is 51.4 Å². The van der Waals surface area contributed by atoms with Gasteiger partial charge >= 0.3 is 0 Å². The molecule has 1 heteroatoms. The Morgan fingerprint density at radius 3 is 2.27 bits per heavy atom. The van der Waals surface area contributed by atoms with E-state index in [-0.39, 0.29) is 0 Å². The quantitative estimate of drug-likeness (QED) is 0.727. The highest BCUT2D eigenvalue weighted by molar-refractivity contribution is 4.89. The molecule has 0 spiro atoms. The highest BCUT2D eigenvalue weighted by Crippen LogP contribution is 2.35. The minimum atomic E-state index is 0.846. The van der Waals surface area contributed by atoms with E-state index in [1.54, 1.807) is 0 Å². The van der Waals surface area contributed by atoms with E-state index in [4.69, 9.17) is 0 Å². The number of rotatable bonds is 5. The first-order chi connectivity index (χ1) is 7.29. The van der Waals surface area contributed by atoms with Crippen LogP contribution in [0.5, 0.6) is 0 Å². The Balaban J connectivity index is 1.73. The average Bonchev–Trinajstić information content (AvgIpc) is 3.04. The van der Waals surface area contributed by atoms with Crippen molar-refractivity contribution in [3.63, 3.8) is 0 Å². The summed E-state index contributed by atoms with van der Waals surface area (Å²) in [4.78, 5) is 0. The predicted molar refractivity (Wildman–Crippen MR) is 66.0 cm³/mol. The molecular weight excluding hydrogens is 182 g/mol. The average molecular weight is 209 g/mol. The molecule has 0 aromatic carbocycles. The van der Waals surface area contributed by atoms with Gasteiger partial charge in [-0.15, -0.1) is 0 Å². The zero-order chi connectivity index (χ0) is 10.7. The highest BCUT2D eigenvalue weighted by atomic mass is 15.0. The van der Waals surface area contributed by atoms with E-state index in [9.17, 15) is 0 Å². The van der Waals surface area contributed by atoms with E-state index in [0.29, 0.717) is 0 Å². The Hall–Kier alpha value is -0.0400. The van der Waals surface area contributed by atoms with Gasteiger partial charge in [-0.05, 0) is 56.8 Å². The Labute approximate surface area is 95.0 Å². The van der Waals surface area contributed by atoms with Crippen molar-refractivity contribution >= 4 is 0 Å². The fourth-order valence-corrected chi connectivity index (χ4v) is 2.99. The van der Waals surface area contributed by atoms with Crippen LogP contribution >= 0.6 is 0 Å². The molecule has 2 rings (SSSR count). The van der Waals surface area contributed by atoms with Crippen LogP contribution in [0, 0.1) is 11.8 Å². The van der Waals surface area contributed by atoms with Crippen molar-refractivity contribution in [3.8, 4) is 0 Å². The molecule has 1 atom stereocenters. The normalized spacial score (nSPS) is 34.0. The summed E-state index contributed by atoms with van der Waals surface area (Å²) in [5.74, 6) is 2.01. The molecule has 2 aliphatic carbocycles. The monoisotopic (exact) mass is 209 g/mol. The van der Waals surface area contributed by atoms with E-state index in [1.807, 2.05) is 0 Å². The maximum atomic E-state index is 3.94. The van der Waals surface area contributed by atoms with Crippen LogP contribution in [-0.4, -0.2) is 12.1 Å².